The molecule has 9 heteroatoms. The number of ether oxygens (including phenoxy) is 2. The van der Waals surface area contributed by atoms with E-state index in [9.17, 15) is 22.4 Å². The third kappa shape index (κ3) is 4.91. The Bertz CT molecular complexity index is 600. The predicted octanol–water partition coefficient (Wildman–Crippen LogP) is 3.88. The Morgan fingerprint density at radius 1 is 1.31 bits per heavy atom. The summed E-state index contributed by atoms with van der Waals surface area (Å²) in [7, 11) is 1.49. The minimum atomic E-state index is -4.96. The Labute approximate surface area is 150 Å². The summed E-state index contributed by atoms with van der Waals surface area (Å²) in [5, 5.41) is 0. The molecule has 1 aliphatic heterocycles. The summed E-state index contributed by atoms with van der Waals surface area (Å²) in [6.07, 6.45) is -3.48. The Morgan fingerprint density at radius 2 is 1.88 bits per heavy atom. The number of hydrogen-bond donors (Lipinski definition) is 0. The maximum absolute atomic E-state index is 14.0. The fraction of sp³-hybridized carbons (Fsp3) is 0.647. The molecule has 0 radical (unpaired) electrons. The van der Waals surface area contributed by atoms with Crippen molar-refractivity contribution in [2.24, 2.45) is 0 Å². The van der Waals surface area contributed by atoms with E-state index in [1.807, 2.05) is 20.8 Å². The van der Waals surface area contributed by atoms with Crippen molar-refractivity contribution >= 4 is 5.91 Å². The van der Waals surface area contributed by atoms with Gasteiger partial charge in [0, 0.05) is 45.8 Å². The Balaban J connectivity index is 0.00000163. The average Bonchev–Trinajstić information content (AvgIpc) is 2.63. The van der Waals surface area contributed by atoms with Gasteiger partial charge in [-0.15, -0.1) is 0 Å². The number of hydrogen-bond acceptors (Lipinski definition) is 4. The van der Waals surface area contributed by atoms with Crippen LogP contribution in [0.4, 0.5) is 17.6 Å². The van der Waals surface area contributed by atoms with Crippen LogP contribution in [0.5, 0.6) is 0 Å². The monoisotopic (exact) mass is 380 g/mol. The second-order valence-electron chi connectivity index (χ2n) is 5.36. The molecule has 0 aliphatic carbocycles. The van der Waals surface area contributed by atoms with Gasteiger partial charge in [-0.25, -0.2) is 9.37 Å². The van der Waals surface area contributed by atoms with Crippen molar-refractivity contribution in [3.8, 4) is 0 Å². The van der Waals surface area contributed by atoms with E-state index in [1.165, 1.54) is 12.0 Å². The van der Waals surface area contributed by atoms with Gasteiger partial charge >= 0.3 is 6.18 Å². The number of piperidine rings is 1. The van der Waals surface area contributed by atoms with E-state index in [2.05, 4.69) is 4.98 Å². The second-order valence-corrected chi connectivity index (χ2v) is 5.36. The summed E-state index contributed by atoms with van der Waals surface area (Å²) in [5.74, 6) is -3.27. The molecule has 26 heavy (non-hydrogen) atoms. The highest BCUT2D eigenvalue weighted by atomic mass is 19.4. The molecule has 1 aromatic heterocycles. The van der Waals surface area contributed by atoms with Crippen LogP contribution in [0.25, 0.3) is 0 Å². The van der Waals surface area contributed by atoms with Crippen molar-refractivity contribution in [2.75, 3.05) is 26.8 Å². The van der Waals surface area contributed by atoms with Gasteiger partial charge < -0.3 is 14.4 Å². The lowest BCUT2D eigenvalue weighted by Gasteiger charge is -2.40. The molecule has 0 N–H and O–H groups in total. The van der Waals surface area contributed by atoms with Gasteiger partial charge in [-0.1, -0.05) is 13.8 Å². The zero-order valence-electron chi connectivity index (χ0n) is 15.3. The van der Waals surface area contributed by atoms with Crippen LogP contribution >= 0.6 is 0 Å². The predicted molar refractivity (Wildman–Crippen MR) is 87.0 cm³/mol. The first-order valence-corrected chi connectivity index (χ1v) is 8.44. The maximum Gasteiger partial charge on any atom is 0.436 e. The van der Waals surface area contributed by atoms with Gasteiger partial charge in [0.15, 0.2) is 17.3 Å². The normalized spacial score (nSPS) is 16.7. The number of halogens is 4. The third-order valence-electron chi connectivity index (χ3n) is 3.98. The third-order valence-corrected chi connectivity index (χ3v) is 3.98. The second kappa shape index (κ2) is 9.27. The van der Waals surface area contributed by atoms with Gasteiger partial charge in [0.2, 0.25) is 0 Å². The minimum absolute atomic E-state index is 0.190. The van der Waals surface area contributed by atoms with Gasteiger partial charge in [-0.3, -0.25) is 4.79 Å². The summed E-state index contributed by atoms with van der Waals surface area (Å²) in [4.78, 5) is 16.6. The number of carbonyl (C=O) groups excluding carboxylic acids is 1. The van der Waals surface area contributed by atoms with Crippen molar-refractivity contribution < 1.29 is 31.8 Å². The van der Waals surface area contributed by atoms with Crippen molar-refractivity contribution in [2.45, 2.75) is 45.6 Å². The lowest BCUT2D eigenvalue weighted by atomic mass is 10.0. The fourth-order valence-electron chi connectivity index (χ4n) is 2.70. The number of amides is 1. The van der Waals surface area contributed by atoms with E-state index in [0.29, 0.717) is 19.4 Å². The molecule has 5 nitrogen and oxygen atoms in total. The maximum atomic E-state index is 14.0. The van der Waals surface area contributed by atoms with Crippen molar-refractivity contribution in [1.82, 2.24) is 9.88 Å². The molecule has 1 aliphatic rings. The molecule has 1 fully saturated rings. The molecule has 2 rings (SSSR count). The molecule has 0 atom stereocenters. The van der Waals surface area contributed by atoms with Crippen LogP contribution in [-0.2, 0) is 15.7 Å². The van der Waals surface area contributed by atoms with E-state index < -0.39 is 34.9 Å². The van der Waals surface area contributed by atoms with Gasteiger partial charge in [-0.2, -0.15) is 13.2 Å². The molecule has 0 aromatic carbocycles. The van der Waals surface area contributed by atoms with Gasteiger partial charge in [0.1, 0.15) is 0 Å². The van der Waals surface area contributed by atoms with Crippen molar-refractivity contribution in [1.29, 1.82) is 0 Å². The van der Waals surface area contributed by atoms with Crippen LogP contribution in [0.1, 0.15) is 49.7 Å². The molecule has 1 aromatic rings. The highest BCUT2D eigenvalue weighted by molar-refractivity contribution is 5.94. The summed E-state index contributed by atoms with van der Waals surface area (Å²) in [5.41, 5.74) is -2.33. The fourth-order valence-corrected chi connectivity index (χ4v) is 2.70. The quantitative estimate of drug-likeness (QED) is 0.588. The zero-order valence-corrected chi connectivity index (χ0v) is 15.3. The molecule has 1 amide bonds. The zero-order chi connectivity index (χ0) is 20.0. The average molecular weight is 380 g/mol. The molecule has 0 bridgehead atoms. The molecule has 2 heterocycles. The molecular weight excluding hydrogens is 356 g/mol. The van der Waals surface area contributed by atoms with Crippen LogP contribution in [-0.4, -0.2) is 48.4 Å². The standard InChI is InChI=1S/C15H18F4N2O3.C2H6/c1-3-24-14(23-2)5-8-21(9-6-14)13(22)10-4-7-20-12(11(10)16)15(17,18)19;1-2/h4,7H,3,5-6,8-9H2,1-2H3;1-2H3. The Hall–Kier alpha value is -1.74. The lowest BCUT2D eigenvalue weighted by Crippen LogP contribution is -2.49. The number of rotatable bonds is 4. The van der Waals surface area contributed by atoms with E-state index >= 15 is 0 Å². The Kier molecular flexibility index (Phi) is 7.95. The van der Waals surface area contributed by atoms with Crippen LogP contribution < -0.4 is 0 Å². The lowest BCUT2D eigenvalue weighted by molar-refractivity contribution is -0.239. The SMILES string of the molecule is CC.CCOC1(OC)CCN(C(=O)c2ccnc(C(F)(F)F)c2F)CC1. The first kappa shape index (κ1) is 22.3. The largest absolute Gasteiger partial charge is 0.436 e. The van der Waals surface area contributed by atoms with Gasteiger partial charge in [0.05, 0.1) is 5.56 Å². The highest BCUT2D eigenvalue weighted by Gasteiger charge is 2.40. The number of nitrogens with zero attached hydrogens (tertiary/aromatic N) is 2. The molecule has 148 valence electrons. The van der Waals surface area contributed by atoms with E-state index in [1.54, 1.807) is 0 Å². The van der Waals surface area contributed by atoms with Crippen LogP contribution in [0.3, 0.4) is 0 Å². The van der Waals surface area contributed by atoms with Crippen LogP contribution in [0, 0.1) is 5.82 Å². The number of methoxy groups -OCH3 is 1. The van der Waals surface area contributed by atoms with E-state index in [0.717, 1.165) is 12.3 Å². The van der Waals surface area contributed by atoms with Gasteiger partial charge in [-0.05, 0) is 13.0 Å². The number of likely N-dealkylation sites (tertiary alicyclic amines) is 1. The minimum Gasteiger partial charge on any atom is -0.353 e. The number of aromatic nitrogens is 1. The van der Waals surface area contributed by atoms with Crippen molar-refractivity contribution in [3.63, 3.8) is 0 Å². The topological polar surface area (TPSA) is 51.7 Å². The first-order chi connectivity index (χ1) is 12.2. The number of pyridine rings is 1. The van der Waals surface area contributed by atoms with Crippen molar-refractivity contribution in [3.05, 3.63) is 29.3 Å². The van der Waals surface area contributed by atoms with Crippen LogP contribution in [0.2, 0.25) is 0 Å². The summed E-state index contributed by atoms with van der Waals surface area (Å²) >= 11 is 0. The summed E-state index contributed by atoms with van der Waals surface area (Å²) in [6.45, 7) is 6.62. The van der Waals surface area contributed by atoms with Gasteiger partial charge in [0.25, 0.3) is 5.91 Å². The molecule has 1 saturated heterocycles. The van der Waals surface area contributed by atoms with Crippen LogP contribution in [0.15, 0.2) is 12.3 Å². The smallest absolute Gasteiger partial charge is 0.353 e. The number of carbonyl (C=O) groups is 1. The number of alkyl halides is 3. The van der Waals surface area contributed by atoms with E-state index in [4.69, 9.17) is 9.47 Å². The summed E-state index contributed by atoms with van der Waals surface area (Å²) < 4.78 is 63.0. The van der Waals surface area contributed by atoms with E-state index in [-0.39, 0.29) is 13.1 Å². The summed E-state index contributed by atoms with van der Waals surface area (Å²) in [6, 6.07) is 0.952. The molecule has 0 spiro atoms. The first-order valence-electron chi connectivity index (χ1n) is 8.44. The Morgan fingerprint density at radius 3 is 2.35 bits per heavy atom. The molecular formula is C17H24F4N2O3. The molecule has 0 unspecified atom stereocenters. The molecule has 0 saturated carbocycles. The highest BCUT2D eigenvalue weighted by Crippen LogP contribution is 2.32.